The molecule has 1 aromatic rings. The maximum Gasteiger partial charge on any atom is 0.324 e. The van der Waals surface area contributed by atoms with E-state index in [1.165, 1.54) is 4.90 Å². The highest BCUT2D eigenvalue weighted by molar-refractivity contribution is 5.98. The molecule has 4 nitrogen and oxygen atoms in total. The predicted molar refractivity (Wildman–Crippen MR) is 73.7 cm³/mol. The second-order valence-corrected chi connectivity index (χ2v) is 4.94. The van der Waals surface area contributed by atoms with Crippen LogP contribution in [0.5, 0.6) is 0 Å². The van der Waals surface area contributed by atoms with E-state index in [-0.39, 0.29) is 18.0 Å². The third kappa shape index (κ3) is 2.95. The minimum absolute atomic E-state index is 0.0212. The Kier molecular flexibility index (Phi) is 4.20. The van der Waals surface area contributed by atoms with Gasteiger partial charge in [0.1, 0.15) is 0 Å². The van der Waals surface area contributed by atoms with Crippen LogP contribution >= 0.6 is 0 Å². The fourth-order valence-corrected chi connectivity index (χ4v) is 2.33. The molecular weight excluding hydrogens is 240 g/mol. The molecule has 102 valence electrons. The first kappa shape index (κ1) is 13.6. The lowest BCUT2D eigenvalue weighted by Gasteiger charge is -2.31. The number of nitrogens with zero attached hydrogens (tertiary/aromatic N) is 1. The molecule has 1 saturated heterocycles. The van der Waals surface area contributed by atoms with Crippen molar-refractivity contribution in [3.05, 3.63) is 35.4 Å². The third-order valence-electron chi connectivity index (χ3n) is 3.53. The van der Waals surface area contributed by atoms with Gasteiger partial charge >= 0.3 is 6.03 Å². The molecule has 4 heteroatoms. The van der Waals surface area contributed by atoms with Crippen molar-refractivity contribution in [2.24, 2.45) is 0 Å². The fourth-order valence-electron chi connectivity index (χ4n) is 2.33. The first-order valence-electron chi connectivity index (χ1n) is 6.80. The number of hydrogen-bond acceptors (Lipinski definition) is 2. The van der Waals surface area contributed by atoms with Gasteiger partial charge in [-0.2, -0.15) is 0 Å². The zero-order valence-electron chi connectivity index (χ0n) is 11.5. The molecule has 1 heterocycles. The van der Waals surface area contributed by atoms with Crippen molar-refractivity contribution in [3.63, 3.8) is 0 Å². The van der Waals surface area contributed by atoms with Gasteiger partial charge in [-0.05, 0) is 24.5 Å². The van der Waals surface area contributed by atoms with Crippen LogP contribution in [0.3, 0.4) is 0 Å². The summed E-state index contributed by atoms with van der Waals surface area (Å²) in [6.45, 7) is 4.67. The molecule has 0 spiro atoms. The maximum atomic E-state index is 12.0. The van der Waals surface area contributed by atoms with Crippen molar-refractivity contribution in [2.45, 2.75) is 39.2 Å². The van der Waals surface area contributed by atoms with E-state index in [1.807, 2.05) is 31.2 Å². The van der Waals surface area contributed by atoms with Gasteiger partial charge < -0.3 is 5.32 Å². The lowest BCUT2D eigenvalue weighted by Crippen LogP contribution is -2.52. The molecular formula is C15H20N2O2. The van der Waals surface area contributed by atoms with Crippen LogP contribution in [0.4, 0.5) is 4.79 Å². The quantitative estimate of drug-likeness (QED) is 0.846. The number of carbonyl (C=O) groups is 2. The Hall–Kier alpha value is -1.84. The number of carbonyl (C=O) groups excluding carboxylic acids is 2. The topological polar surface area (TPSA) is 49.4 Å². The molecule has 1 atom stereocenters. The van der Waals surface area contributed by atoms with E-state index in [0.717, 1.165) is 24.0 Å². The number of hydrogen-bond donors (Lipinski definition) is 1. The van der Waals surface area contributed by atoms with Gasteiger partial charge in [0.05, 0.1) is 6.04 Å². The third-order valence-corrected chi connectivity index (χ3v) is 3.53. The number of imide groups is 1. The van der Waals surface area contributed by atoms with Crippen LogP contribution in [0.15, 0.2) is 24.3 Å². The Labute approximate surface area is 113 Å². The molecule has 0 aliphatic carbocycles. The van der Waals surface area contributed by atoms with Crippen molar-refractivity contribution < 1.29 is 9.59 Å². The molecule has 19 heavy (non-hydrogen) atoms. The van der Waals surface area contributed by atoms with E-state index in [2.05, 4.69) is 12.2 Å². The van der Waals surface area contributed by atoms with Crippen LogP contribution in [0.1, 0.15) is 43.4 Å². The van der Waals surface area contributed by atoms with Crippen LogP contribution in [0.2, 0.25) is 0 Å². The Balaban J connectivity index is 2.10. The summed E-state index contributed by atoms with van der Waals surface area (Å²) in [7, 11) is 0. The van der Waals surface area contributed by atoms with Crippen LogP contribution in [-0.2, 0) is 4.79 Å². The molecule has 1 aliphatic rings. The van der Waals surface area contributed by atoms with Gasteiger partial charge in [0.25, 0.3) is 0 Å². The molecule has 1 unspecified atom stereocenters. The van der Waals surface area contributed by atoms with Crippen molar-refractivity contribution in [1.29, 1.82) is 0 Å². The fraction of sp³-hybridized carbons (Fsp3) is 0.467. The zero-order chi connectivity index (χ0) is 13.8. The first-order valence-corrected chi connectivity index (χ1v) is 6.80. The molecule has 0 saturated carbocycles. The summed E-state index contributed by atoms with van der Waals surface area (Å²) in [6, 6.07) is 7.76. The van der Waals surface area contributed by atoms with Crippen LogP contribution < -0.4 is 5.32 Å². The summed E-state index contributed by atoms with van der Waals surface area (Å²) < 4.78 is 0. The summed E-state index contributed by atoms with van der Waals surface area (Å²) >= 11 is 0. The van der Waals surface area contributed by atoms with E-state index in [4.69, 9.17) is 0 Å². The zero-order valence-corrected chi connectivity index (χ0v) is 11.5. The highest BCUT2D eigenvalue weighted by atomic mass is 16.2. The number of likely N-dealkylation sites (tertiary alicyclic amines) is 1. The number of nitrogens with one attached hydrogen (secondary N) is 1. The molecule has 1 fully saturated rings. The lowest BCUT2D eigenvalue weighted by atomic mass is 9.98. The molecule has 2 rings (SSSR count). The molecule has 1 aliphatic heterocycles. The molecule has 0 radical (unpaired) electrons. The highest BCUT2D eigenvalue weighted by Crippen LogP contribution is 2.22. The molecule has 1 N–H and O–H groups in total. The van der Waals surface area contributed by atoms with E-state index in [1.54, 1.807) is 0 Å². The van der Waals surface area contributed by atoms with Gasteiger partial charge in [-0.15, -0.1) is 0 Å². The second kappa shape index (κ2) is 5.87. The summed E-state index contributed by atoms with van der Waals surface area (Å²) in [5.41, 5.74) is 2.29. The number of aryl methyl sites for hydroxylation is 1. The predicted octanol–water partition coefficient (Wildman–Crippen LogP) is 2.78. The Morgan fingerprint density at radius 2 is 2.16 bits per heavy atom. The van der Waals surface area contributed by atoms with Crippen molar-refractivity contribution >= 4 is 11.9 Å². The molecule has 1 aromatic carbocycles. The van der Waals surface area contributed by atoms with Gasteiger partial charge in [-0.1, -0.05) is 37.6 Å². The van der Waals surface area contributed by atoms with Crippen molar-refractivity contribution in [1.82, 2.24) is 10.2 Å². The summed E-state index contributed by atoms with van der Waals surface area (Å²) in [4.78, 5) is 24.6. The SMILES string of the molecule is CCCC(NC(=O)N1CCC1=O)c1ccccc1C. The summed E-state index contributed by atoms with van der Waals surface area (Å²) in [5, 5.41) is 2.97. The Bertz CT molecular complexity index is 485. The van der Waals surface area contributed by atoms with Gasteiger partial charge in [-0.3, -0.25) is 9.69 Å². The smallest absolute Gasteiger partial charge is 0.324 e. The van der Waals surface area contributed by atoms with Crippen molar-refractivity contribution in [2.75, 3.05) is 6.54 Å². The lowest BCUT2D eigenvalue weighted by molar-refractivity contribution is -0.135. The van der Waals surface area contributed by atoms with Crippen LogP contribution in [-0.4, -0.2) is 23.4 Å². The Morgan fingerprint density at radius 3 is 2.68 bits per heavy atom. The number of benzene rings is 1. The summed E-state index contributed by atoms with van der Waals surface area (Å²) in [6.07, 6.45) is 2.34. The largest absolute Gasteiger partial charge is 0.331 e. The van der Waals surface area contributed by atoms with E-state index in [9.17, 15) is 9.59 Å². The minimum atomic E-state index is -0.266. The monoisotopic (exact) mass is 260 g/mol. The van der Waals surface area contributed by atoms with Gasteiger partial charge in [0, 0.05) is 13.0 Å². The average molecular weight is 260 g/mol. The van der Waals surface area contributed by atoms with E-state index < -0.39 is 0 Å². The first-order chi connectivity index (χ1) is 9.13. The van der Waals surface area contributed by atoms with Gasteiger partial charge in [0.15, 0.2) is 0 Å². The molecule has 3 amide bonds. The Morgan fingerprint density at radius 1 is 1.42 bits per heavy atom. The average Bonchev–Trinajstić information content (AvgIpc) is 2.37. The van der Waals surface area contributed by atoms with Crippen molar-refractivity contribution in [3.8, 4) is 0 Å². The second-order valence-electron chi connectivity index (χ2n) is 4.94. The minimum Gasteiger partial charge on any atom is -0.331 e. The van der Waals surface area contributed by atoms with E-state index >= 15 is 0 Å². The number of urea groups is 1. The molecule has 0 aromatic heterocycles. The van der Waals surface area contributed by atoms with Gasteiger partial charge in [0.2, 0.25) is 5.91 Å². The maximum absolute atomic E-state index is 12.0. The number of amides is 3. The van der Waals surface area contributed by atoms with Gasteiger partial charge in [-0.25, -0.2) is 4.79 Å². The highest BCUT2D eigenvalue weighted by Gasteiger charge is 2.31. The normalized spacial score (nSPS) is 15.9. The number of rotatable bonds is 4. The van der Waals surface area contributed by atoms with Crippen LogP contribution in [0, 0.1) is 6.92 Å². The number of β-lactam (4-membered cyclic amide) rings is 1. The van der Waals surface area contributed by atoms with Crippen LogP contribution in [0.25, 0.3) is 0 Å². The van der Waals surface area contributed by atoms with E-state index in [0.29, 0.717) is 13.0 Å². The standard InChI is InChI=1S/C15H20N2O2/c1-3-6-13(12-8-5-4-7-11(12)2)16-15(19)17-10-9-14(17)18/h4-5,7-8,13H,3,6,9-10H2,1-2H3,(H,16,19). The summed E-state index contributed by atoms with van der Waals surface area (Å²) in [5.74, 6) is -0.0856. The molecule has 0 bridgehead atoms.